The molecule has 0 radical (unpaired) electrons. The number of hydrogen-bond acceptors (Lipinski definition) is 6. The van der Waals surface area contributed by atoms with Crippen LogP contribution in [0.3, 0.4) is 0 Å². The molecule has 0 aliphatic rings. The number of nitrogens with zero attached hydrogens (tertiary/aromatic N) is 3. The van der Waals surface area contributed by atoms with Crippen LogP contribution in [0.15, 0.2) is 36.8 Å². The van der Waals surface area contributed by atoms with E-state index in [1.807, 2.05) is 12.1 Å². The highest BCUT2D eigenvalue weighted by atomic mass is 16.5. The number of carbonyl (C=O) groups is 1. The van der Waals surface area contributed by atoms with E-state index in [9.17, 15) is 4.79 Å². The molecule has 0 fully saturated rings. The Balaban J connectivity index is 2.43. The molecule has 98 valence electrons. The maximum absolute atomic E-state index is 11.6. The summed E-state index contributed by atoms with van der Waals surface area (Å²) in [6, 6.07) is 5.22. The van der Waals surface area contributed by atoms with E-state index in [2.05, 4.69) is 14.7 Å². The summed E-state index contributed by atoms with van der Waals surface area (Å²) < 4.78 is 4.68. The average molecular weight is 258 g/mol. The summed E-state index contributed by atoms with van der Waals surface area (Å²) in [5.41, 5.74) is 7.37. The first-order valence-corrected chi connectivity index (χ1v) is 5.61. The first-order valence-electron chi connectivity index (χ1n) is 5.61. The molecule has 0 aliphatic carbocycles. The molecule has 0 saturated heterocycles. The van der Waals surface area contributed by atoms with Gasteiger partial charge in [0, 0.05) is 19.4 Å². The number of aromatic nitrogens is 2. The SMILES string of the molecule is COC(=O)c1ccnc(N(C)c2cccnc2)c1N. The normalized spacial score (nSPS) is 10.0. The molecule has 0 unspecified atom stereocenters. The Morgan fingerprint density at radius 1 is 1.37 bits per heavy atom. The molecule has 0 aliphatic heterocycles. The molecule has 0 saturated carbocycles. The summed E-state index contributed by atoms with van der Waals surface area (Å²) in [5, 5.41) is 0. The van der Waals surface area contributed by atoms with Crippen LogP contribution in [0.25, 0.3) is 0 Å². The molecule has 19 heavy (non-hydrogen) atoms. The molecule has 6 heteroatoms. The van der Waals surface area contributed by atoms with Crippen molar-refractivity contribution in [2.75, 3.05) is 24.8 Å². The highest BCUT2D eigenvalue weighted by Crippen LogP contribution is 2.28. The minimum absolute atomic E-state index is 0.278. The van der Waals surface area contributed by atoms with Gasteiger partial charge in [0.15, 0.2) is 5.82 Å². The second-order valence-corrected chi connectivity index (χ2v) is 3.86. The molecule has 2 rings (SSSR count). The van der Waals surface area contributed by atoms with E-state index in [4.69, 9.17) is 5.73 Å². The van der Waals surface area contributed by atoms with Crippen LogP contribution in [0.2, 0.25) is 0 Å². The Bertz CT molecular complexity index is 586. The molecule has 2 aromatic rings. The molecule has 0 spiro atoms. The topological polar surface area (TPSA) is 81.3 Å². The molecule has 6 nitrogen and oxygen atoms in total. The lowest BCUT2D eigenvalue weighted by Crippen LogP contribution is -2.16. The number of hydrogen-bond donors (Lipinski definition) is 1. The van der Waals surface area contributed by atoms with Crippen molar-refractivity contribution < 1.29 is 9.53 Å². The van der Waals surface area contributed by atoms with Crippen molar-refractivity contribution >= 4 is 23.2 Å². The van der Waals surface area contributed by atoms with Gasteiger partial charge in [0.25, 0.3) is 0 Å². The number of rotatable bonds is 3. The lowest BCUT2D eigenvalue weighted by atomic mass is 10.2. The van der Waals surface area contributed by atoms with Crippen LogP contribution in [0.1, 0.15) is 10.4 Å². The lowest BCUT2D eigenvalue weighted by Gasteiger charge is -2.20. The van der Waals surface area contributed by atoms with Gasteiger partial charge in [-0.05, 0) is 18.2 Å². The van der Waals surface area contributed by atoms with Crippen LogP contribution in [0.4, 0.5) is 17.2 Å². The van der Waals surface area contributed by atoms with Crippen molar-refractivity contribution in [3.05, 3.63) is 42.4 Å². The van der Waals surface area contributed by atoms with Crippen LogP contribution in [0, 0.1) is 0 Å². The number of methoxy groups -OCH3 is 1. The second-order valence-electron chi connectivity index (χ2n) is 3.86. The van der Waals surface area contributed by atoms with Crippen LogP contribution < -0.4 is 10.6 Å². The van der Waals surface area contributed by atoms with Crippen LogP contribution in [0.5, 0.6) is 0 Å². The summed E-state index contributed by atoms with van der Waals surface area (Å²) in [4.78, 5) is 21.6. The van der Waals surface area contributed by atoms with Crippen molar-refractivity contribution in [1.29, 1.82) is 0 Å². The third-order valence-electron chi connectivity index (χ3n) is 2.73. The summed E-state index contributed by atoms with van der Waals surface area (Å²) in [6.45, 7) is 0. The fraction of sp³-hybridized carbons (Fsp3) is 0.154. The highest BCUT2D eigenvalue weighted by Gasteiger charge is 2.17. The van der Waals surface area contributed by atoms with Crippen molar-refractivity contribution in [3.63, 3.8) is 0 Å². The van der Waals surface area contributed by atoms with E-state index in [1.165, 1.54) is 19.4 Å². The molecule has 2 aromatic heterocycles. The smallest absolute Gasteiger partial charge is 0.340 e. The number of ether oxygens (including phenoxy) is 1. The van der Waals surface area contributed by atoms with Gasteiger partial charge in [-0.3, -0.25) is 4.98 Å². The van der Waals surface area contributed by atoms with Crippen molar-refractivity contribution in [3.8, 4) is 0 Å². The van der Waals surface area contributed by atoms with E-state index in [1.54, 1.807) is 24.3 Å². The van der Waals surface area contributed by atoms with Gasteiger partial charge < -0.3 is 15.4 Å². The van der Waals surface area contributed by atoms with Gasteiger partial charge >= 0.3 is 5.97 Å². The van der Waals surface area contributed by atoms with Gasteiger partial charge in [-0.2, -0.15) is 0 Å². The molecular formula is C13H14N4O2. The van der Waals surface area contributed by atoms with E-state index in [0.29, 0.717) is 11.4 Å². The second kappa shape index (κ2) is 5.34. The molecule has 2 N–H and O–H groups in total. The zero-order valence-corrected chi connectivity index (χ0v) is 10.7. The fourth-order valence-corrected chi connectivity index (χ4v) is 1.69. The van der Waals surface area contributed by atoms with E-state index in [0.717, 1.165) is 5.69 Å². The Morgan fingerprint density at radius 3 is 2.79 bits per heavy atom. The van der Waals surface area contributed by atoms with Crippen molar-refractivity contribution in [1.82, 2.24) is 9.97 Å². The Morgan fingerprint density at radius 2 is 2.16 bits per heavy atom. The Labute approximate surface area is 110 Å². The number of pyridine rings is 2. The minimum atomic E-state index is -0.485. The number of anilines is 3. The Hall–Kier alpha value is -2.63. The van der Waals surface area contributed by atoms with Gasteiger partial charge in [0.05, 0.1) is 30.2 Å². The number of nitrogens with two attached hydrogens (primary N) is 1. The first kappa shape index (κ1) is 12.8. The third kappa shape index (κ3) is 2.47. The highest BCUT2D eigenvalue weighted by molar-refractivity contribution is 5.98. The first-order chi connectivity index (χ1) is 9.15. The molecule has 0 bridgehead atoms. The maximum Gasteiger partial charge on any atom is 0.340 e. The lowest BCUT2D eigenvalue weighted by molar-refractivity contribution is 0.0602. The van der Waals surface area contributed by atoms with Gasteiger partial charge in [0.1, 0.15) is 0 Å². The molecule has 0 amide bonds. The summed E-state index contributed by atoms with van der Waals surface area (Å²) in [6.07, 6.45) is 4.88. The van der Waals surface area contributed by atoms with Gasteiger partial charge in [-0.25, -0.2) is 9.78 Å². The van der Waals surface area contributed by atoms with E-state index < -0.39 is 5.97 Å². The number of esters is 1. The Kier molecular flexibility index (Phi) is 3.61. The zero-order chi connectivity index (χ0) is 13.8. The summed E-state index contributed by atoms with van der Waals surface area (Å²) in [5.74, 6) is -0.00311. The third-order valence-corrected chi connectivity index (χ3v) is 2.73. The number of carbonyl (C=O) groups excluding carboxylic acids is 1. The molecular weight excluding hydrogens is 244 g/mol. The van der Waals surface area contributed by atoms with Crippen LogP contribution >= 0.6 is 0 Å². The zero-order valence-electron chi connectivity index (χ0n) is 10.7. The van der Waals surface area contributed by atoms with Crippen molar-refractivity contribution in [2.24, 2.45) is 0 Å². The molecule has 0 atom stereocenters. The van der Waals surface area contributed by atoms with Gasteiger partial charge in [-0.1, -0.05) is 0 Å². The maximum atomic E-state index is 11.6. The fourth-order valence-electron chi connectivity index (χ4n) is 1.69. The van der Waals surface area contributed by atoms with Crippen molar-refractivity contribution in [2.45, 2.75) is 0 Å². The number of nitrogen functional groups attached to an aromatic ring is 1. The molecule has 0 aromatic carbocycles. The van der Waals surface area contributed by atoms with Gasteiger partial charge in [-0.15, -0.1) is 0 Å². The minimum Gasteiger partial charge on any atom is -0.465 e. The summed E-state index contributed by atoms with van der Waals surface area (Å²) >= 11 is 0. The standard InChI is InChI=1S/C13H14N4O2/c1-17(9-4-3-6-15-8-9)12-11(14)10(5-7-16-12)13(18)19-2/h3-8H,14H2,1-2H3. The van der Waals surface area contributed by atoms with E-state index in [-0.39, 0.29) is 5.69 Å². The average Bonchev–Trinajstić information content (AvgIpc) is 2.47. The van der Waals surface area contributed by atoms with Gasteiger partial charge in [0.2, 0.25) is 0 Å². The largest absolute Gasteiger partial charge is 0.465 e. The summed E-state index contributed by atoms with van der Waals surface area (Å²) in [7, 11) is 3.11. The monoisotopic (exact) mass is 258 g/mol. The quantitative estimate of drug-likeness (QED) is 0.842. The van der Waals surface area contributed by atoms with E-state index >= 15 is 0 Å². The van der Waals surface area contributed by atoms with Crippen LogP contribution in [-0.2, 0) is 4.74 Å². The molecule has 2 heterocycles. The van der Waals surface area contributed by atoms with Crippen LogP contribution in [-0.4, -0.2) is 30.1 Å². The predicted octanol–water partition coefficient (Wildman–Crippen LogP) is 1.61. The predicted molar refractivity (Wildman–Crippen MR) is 72.3 cm³/mol.